The zero-order chi connectivity index (χ0) is 17.3. The van der Waals surface area contributed by atoms with Crippen LogP contribution >= 0.6 is 0 Å². The lowest BCUT2D eigenvalue weighted by Crippen LogP contribution is -2.42. The van der Waals surface area contributed by atoms with Crippen molar-refractivity contribution in [3.8, 4) is 0 Å². The zero-order valence-electron chi connectivity index (χ0n) is 13.0. The first-order chi connectivity index (χ1) is 11.5. The fraction of sp³-hybridized carbons (Fsp3) is 0.167. The van der Waals surface area contributed by atoms with Crippen LogP contribution in [0.15, 0.2) is 48.5 Å². The van der Waals surface area contributed by atoms with E-state index < -0.39 is 30.1 Å². The van der Waals surface area contributed by atoms with Crippen molar-refractivity contribution in [3.05, 3.63) is 65.5 Å². The number of rotatable bonds is 4. The zero-order valence-corrected chi connectivity index (χ0v) is 13.0. The normalized spacial score (nSPS) is 13.2. The first kappa shape index (κ1) is 15.9. The minimum Gasteiger partial charge on any atom is -0.311 e. The van der Waals surface area contributed by atoms with Gasteiger partial charge < -0.3 is 4.90 Å². The summed E-state index contributed by atoms with van der Waals surface area (Å²) in [6, 6.07) is 12.8. The molecule has 3 rings (SSSR count). The molecule has 0 aromatic heterocycles. The number of para-hydroxylation sites is 1. The molecule has 0 fully saturated rings. The average molecular weight is 326 g/mol. The van der Waals surface area contributed by atoms with Gasteiger partial charge in [-0.1, -0.05) is 24.3 Å². The highest BCUT2D eigenvalue weighted by atomic mass is 19.1. The predicted molar refractivity (Wildman–Crippen MR) is 86.2 cm³/mol. The van der Waals surface area contributed by atoms with Crippen LogP contribution in [0.4, 0.5) is 10.1 Å². The van der Waals surface area contributed by atoms with Crippen LogP contribution < -0.4 is 4.90 Å². The van der Waals surface area contributed by atoms with Gasteiger partial charge in [-0.2, -0.15) is 0 Å². The largest absolute Gasteiger partial charge is 0.311 e. The topological polar surface area (TPSA) is 57.7 Å². The van der Waals surface area contributed by atoms with E-state index >= 15 is 0 Å². The van der Waals surface area contributed by atoms with Gasteiger partial charge in [0.2, 0.25) is 5.91 Å². The molecule has 1 aliphatic rings. The molecule has 0 saturated carbocycles. The second-order valence-electron chi connectivity index (χ2n) is 5.33. The van der Waals surface area contributed by atoms with Crippen molar-refractivity contribution in [2.45, 2.75) is 6.92 Å². The summed E-state index contributed by atoms with van der Waals surface area (Å²) in [6.07, 6.45) is 0. The maximum Gasteiger partial charge on any atom is 0.265 e. The number of fused-ring (bicyclic) bond motifs is 1. The van der Waals surface area contributed by atoms with Gasteiger partial charge in [0.15, 0.2) is 0 Å². The van der Waals surface area contributed by atoms with Crippen molar-refractivity contribution >= 4 is 23.4 Å². The van der Waals surface area contributed by atoms with Crippen LogP contribution in [0, 0.1) is 5.82 Å². The maximum atomic E-state index is 13.8. The van der Waals surface area contributed by atoms with E-state index in [-0.39, 0.29) is 11.1 Å². The quantitative estimate of drug-likeness (QED) is 0.811. The van der Waals surface area contributed by atoms with Crippen LogP contribution in [-0.4, -0.2) is 35.7 Å². The van der Waals surface area contributed by atoms with E-state index in [0.717, 1.165) is 11.0 Å². The molecule has 122 valence electrons. The number of hydrogen-bond acceptors (Lipinski definition) is 3. The molecule has 24 heavy (non-hydrogen) atoms. The Balaban J connectivity index is 1.84. The van der Waals surface area contributed by atoms with Gasteiger partial charge in [-0.25, -0.2) is 4.39 Å². The summed E-state index contributed by atoms with van der Waals surface area (Å²) < 4.78 is 13.8. The minimum atomic E-state index is -0.773. The molecule has 1 heterocycles. The molecule has 0 bridgehead atoms. The van der Waals surface area contributed by atoms with E-state index in [1.165, 1.54) is 17.0 Å². The van der Waals surface area contributed by atoms with Crippen LogP contribution in [0.25, 0.3) is 0 Å². The highest BCUT2D eigenvalue weighted by Gasteiger charge is 2.39. The Bertz CT molecular complexity index is 820. The summed E-state index contributed by atoms with van der Waals surface area (Å²) >= 11 is 0. The van der Waals surface area contributed by atoms with Gasteiger partial charge in [0, 0.05) is 12.2 Å². The van der Waals surface area contributed by atoms with E-state index in [9.17, 15) is 18.8 Å². The number of nitrogens with zero attached hydrogens (tertiary/aromatic N) is 2. The Morgan fingerprint density at radius 2 is 1.75 bits per heavy atom. The molecular weight excluding hydrogens is 311 g/mol. The number of carbonyl (C=O) groups excluding carboxylic acids is 3. The van der Waals surface area contributed by atoms with Crippen molar-refractivity contribution in [1.29, 1.82) is 0 Å². The number of imide groups is 1. The summed E-state index contributed by atoms with van der Waals surface area (Å²) in [6.45, 7) is 1.77. The lowest BCUT2D eigenvalue weighted by atomic mass is 10.1. The highest BCUT2D eigenvalue weighted by Crippen LogP contribution is 2.25. The van der Waals surface area contributed by atoms with Crippen molar-refractivity contribution < 1.29 is 18.8 Å². The van der Waals surface area contributed by atoms with Crippen LogP contribution in [0.1, 0.15) is 27.6 Å². The first-order valence-corrected chi connectivity index (χ1v) is 7.54. The summed E-state index contributed by atoms with van der Waals surface area (Å²) in [4.78, 5) is 39.4. The molecule has 5 nitrogen and oxygen atoms in total. The third-order valence-corrected chi connectivity index (χ3v) is 3.93. The number of halogens is 1. The van der Waals surface area contributed by atoms with Gasteiger partial charge in [0.1, 0.15) is 12.4 Å². The Kier molecular flexibility index (Phi) is 4.12. The first-order valence-electron chi connectivity index (χ1n) is 7.54. The molecule has 0 saturated heterocycles. The average Bonchev–Trinajstić information content (AvgIpc) is 2.82. The number of benzene rings is 2. The molecule has 0 radical (unpaired) electrons. The van der Waals surface area contributed by atoms with Crippen LogP contribution in [0.2, 0.25) is 0 Å². The van der Waals surface area contributed by atoms with Gasteiger partial charge in [0.05, 0.1) is 11.1 Å². The Hall–Kier alpha value is -3.02. The predicted octanol–water partition coefficient (Wildman–Crippen LogP) is 2.47. The summed E-state index contributed by atoms with van der Waals surface area (Å²) in [5, 5.41) is 0. The van der Waals surface area contributed by atoms with Gasteiger partial charge in [-0.15, -0.1) is 0 Å². The Morgan fingerprint density at radius 1 is 1.04 bits per heavy atom. The Labute approximate surface area is 138 Å². The van der Waals surface area contributed by atoms with E-state index in [2.05, 4.69) is 0 Å². The van der Waals surface area contributed by atoms with Crippen molar-refractivity contribution in [2.75, 3.05) is 18.0 Å². The molecule has 0 unspecified atom stereocenters. The maximum absolute atomic E-state index is 13.8. The van der Waals surface area contributed by atoms with E-state index in [4.69, 9.17) is 0 Å². The molecule has 0 N–H and O–H groups in total. The van der Waals surface area contributed by atoms with Crippen LogP contribution in [-0.2, 0) is 4.79 Å². The van der Waals surface area contributed by atoms with E-state index in [0.29, 0.717) is 12.2 Å². The number of anilines is 1. The van der Waals surface area contributed by atoms with Crippen molar-refractivity contribution in [2.24, 2.45) is 0 Å². The van der Waals surface area contributed by atoms with Crippen molar-refractivity contribution in [1.82, 2.24) is 4.90 Å². The second-order valence-corrected chi connectivity index (χ2v) is 5.33. The van der Waals surface area contributed by atoms with E-state index in [1.54, 1.807) is 31.2 Å². The molecule has 2 aromatic rings. The summed E-state index contributed by atoms with van der Waals surface area (Å²) in [5.41, 5.74) is 0.404. The molecule has 1 aliphatic heterocycles. The SMILES string of the molecule is CCN(C(=O)CN1C(=O)c2cccc(F)c2C1=O)c1ccccc1. The fourth-order valence-electron chi connectivity index (χ4n) is 2.77. The number of likely N-dealkylation sites (N-methyl/N-ethyl adjacent to an activating group) is 1. The monoisotopic (exact) mass is 326 g/mol. The number of carbonyl (C=O) groups is 3. The van der Waals surface area contributed by atoms with Gasteiger partial charge >= 0.3 is 0 Å². The number of hydrogen-bond donors (Lipinski definition) is 0. The number of amides is 3. The second kappa shape index (κ2) is 6.23. The molecule has 2 aromatic carbocycles. The fourth-order valence-corrected chi connectivity index (χ4v) is 2.77. The molecule has 0 atom stereocenters. The molecular formula is C18H15FN2O3. The van der Waals surface area contributed by atoms with Gasteiger partial charge in [-0.05, 0) is 31.2 Å². The lowest BCUT2D eigenvalue weighted by Gasteiger charge is -2.23. The van der Waals surface area contributed by atoms with Crippen molar-refractivity contribution in [3.63, 3.8) is 0 Å². The smallest absolute Gasteiger partial charge is 0.265 e. The highest BCUT2D eigenvalue weighted by molar-refractivity contribution is 6.22. The van der Waals surface area contributed by atoms with Gasteiger partial charge in [-0.3, -0.25) is 19.3 Å². The van der Waals surface area contributed by atoms with Crippen LogP contribution in [0.3, 0.4) is 0 Å². The minimum absolute atomic E-state index is 0.00411. The molecule has 3 amide bonds. The third-order valence-electron chi connectivity index (χ3n) is 3.93. The van der Waals surface area contributed by atoms with Gasteiger partial charge in [0.25, 0.3) is 11.8 Å². The standard InChI is InChI=1S/C18H15FN2O3/c1-2-20(12-7-4-3-5-8-12)15(22)11-21-17(23)13-9-6-10-14(19)16(13)18(21)24/h3-10H,2,11H2,1H3. The Morgan fingerprint density at radius 3 is 2.38 bits per heavy atom. The van der Waals surface area contributed by atoms with Crippen LogP contribution in [0.5, 0.6) is 0 Å². The molecule has 6 heteroatoms. The summed E-state index contributed by atoms with van der Waals surface area (Å²) in [7, 11) is 0. The molecule has 0 spiro atoms. The lowest BCUT2D eigenvalue weighted by molar-refractivity contribution is -0.118. The third kappa shape index (κ3) is 2.56. The summed E-state index contributed by atoms with van der Waals surface area (Å²) in [5.74, 6) is -2.58. The van der Waals surface area contributed by atoms with E-state index in [1.807, 2.05) is 6.07 Å². The molecule has 0 aliphatic carbocycles.